The van der Waals surface area contributed by atoms with Crippen LogP contribution in [0.15, 0.2) is 22.7 Å². The molecule has 0 spiro atoms. The summed E-state index contributed by atoms with van der Waals surface area (Å²) in [6.45, 7) is 0.732. The lowest BCUT2D eigenvalue weighted by molar-refractivity contribution is 0.0805. The van der Waals surface area contributed by atoms with E-state index in [0.717, 1.165) is 16.8 Å². The minimum absolute atomic E-state index is 0. The largest absolute Gasteiger partial charge is 0.398 e. The van der Waals surface area contributed by atoms with Gasteiger partial charge in [-0.3, -0.25) is 4.79 Å². The molecule has 0 saturated heterocycles. The van der Waals surface area contributed by atoms with Crippen LogP contribution >= 0.6 is 40.1 Å². The SMILES string of the molecule is CSCCN(C)C(=O)c1ccc(Br)cc1N.Cl. The molecular weight excluding hydrogens is 324 g/mol. The first kappa shape index (κ1) is 16.6. The highest BCUT2D eigenvalue weighted by atomic mass is 79.9. The molecule has 0 atom stereocenters. The zero-order chi connectivity index (χ0) is 12.1. The molecule has 2 N–H and O–H groups in total. The molecule has 0 unspecified atom stereocenters. The minimum atomic E-state index is -0.0287. The minimum Gasteiger partial charge on any atom is -0.398 e. The van der Waals surface area contributed by atoms with E-state index in [-0.39, 0.29) is 18.3 Å². The Morgan fingerprint density at radius 2 is 2.18 bits per heavy atom. The highest BCUT2D eigenvalue weighted by Gasteiger charge is 2.14. The normalized spacial score (nSPS) is 9.59. The number of carbonyl (C=O) groups excluding carboxylic acids is 1. The molecule has 0 aliphatic rings. The number of nitrogens with two attached hydrogens (primary N) is 1. The van der Waals surface area contributed by atoms with Crippen molar-refractivity contribution in [1.82, 2.24) is 4.90 Å². The van der Waals surface area contributed by atoms with Crippen LogP contribution in [0.3, 0.4) is 0 Å². The molecule has 1 amide bonds. The smallest absolute Gasteiger partial charge is 0.255 e. The van der Waals surface area contributed by atoms with Gasteiger partial charge < -0.3 is 10.6 Å². The Labute approximate surface area is 121 Å². The summed E-state index contributed by atoms with van der Waals surface area (Å²) in [7, 11) is 1.79. The molecule has 17 heavy (non-hydrogen) atoms. The second kappa shape index (κ2) is 7.84. The maximum atomic E-state index is 12.0. The van der Waals surface area contributed by atoms with Crippen molar-refractivity contribution in [2.45, 2.75) is 0 Å². The summed E-state index contributed by atoms with van der Waals surface area (Å²) in [4.78, 5) is 13.7. The number of carbonyl (C=O) groups is 1. The van der Waals surface area contributed by atoms with E-state index in [0.29, 0.717) is 11.3 Å². The van der Waals surface area contributed by atoms with Crippen molar-refractivity contribution >= 4 is 51.7 Å². The average molecular weight is 340 g/mol. The number of hydrogen-bond donors (Lipinski definition) is 1. The van der Waals surface area contributed by atoms with Crippen LogP contribution in [-0.2, 0) is 0 Å². The van der Waals surface area contributed by atoms with Gasteiger partial charge in [-0.05, 0) is 24.5 Å². The molecule has 0 radical (unpaired) electrons. The van der Waals surface area contributed by atoms with E-state index in [2.05, 4.69) is 15.9 Å². The lowest BCUT2D eigenvalue weighted by Crippen LogP contribution is -2.29. The van der Waals surface area contributed by atoms with Gasteiger partial charge in [0.05, 0.1) is 5.56 Å². The van der Waals surface area contributed by atoms with Crippen molar-refractivity contribution < 1.29 is 4.79 Å². The summed E-state index contributed by atoms with van der Waals surface area (Å²) >= 11 is 5.03. The Morgan fingerprint density at radius 1 is 1.53 bits per heavy atom. The summed E-state index contributed by atoms with van der Waals surface area (Å²) < 4.78 is 0.883. The lowest BCUT2D eigenvalue weighted by Gasteiger charge is -2.17. The number of rotatable bonds is 4. The maximum Gasteiger partial charge on any atom is 0.255 e. The number of halogens is 2. The van der Waals surface area contributed by atoms with Crippen molar-refractivity contribution in [3.8, 4) is 0 Å². The molecule has 0 aliphatic heterocycles. The predicted octanol–water partition coefficient (Wildman–Crippen LogP) is 2.89. The molecule has 0 bridgehead atoms. The Bertz CT molecular complexity index is 390. The van der Waals surface area contributed by atoms with Gasteiger partial charge in [-0.15, -0.1) is 12.4 Å². The Kier molecular flexibility index (Phi) is 7.66. The zero-order valence-corrected chi connectivity index (χ0v) is 13.0. The van der Waals surface area contributed by atoms with E-state index in [1.165, 1.54) is 0 Å². The molecule has 0 fully saturated rings. The maximum absolute atomic E-state index is 12.0. The van der Waals surface area contributed by atoms with Gasteiger partial charge in [-0.1, -0.05) is 15.9 Å². The topological polar surface area (TPSA) is 46.3 Å². The van der Waals surface area contributed by atoms with E-state index >= 15 is 0 Å². The number of nitrogen functional groups attached to an aromatic ring is 1. The van der Waals surface area contributed by atoms with Gasteiger partial charge in [0, 0.05) is 29.5 Å². The number of hydrogen-bond acceptors (Lipinski definition) is 3. The number of benzene rings is 1. The summed E-state index contributed by atoms with van der Waals surface area (Å²) in [6, 6.07) is 5.32. The number of amides is 1. The molecular formula is C11H16BrClN2OS. The first-order valence-corrected chi connectivity index (χ1v) is 7.04. The second-order valence-corrected chi connectivity index (χ2v) is 5.35. The molecule has 6 heteroatoms. The van der Waals surface area contributed by atoms with Crippen LogP contribution in [0.2, 0.25) is 0 Å². The van der Waals surface area contributed by atoms with E-state index in [1.807, 2.05) is 12.3 Å². The Hall–Kier alpha value is -0.390. The van der Waals surface area contributed by atoms with Gasteiger partial charge in [0.1, 0.15) is 0 Å². The molecule has 96 valence electrons. The summed E-state index contributed by atoms with van der Waals surface area (Å²) in [5.74, 6) is 0.901. The second-order valence-electron chi connectivity index (χ2n) is 3.45. The van der Waals surface area contributed by atoms with Gasteiger partial charge in [0.25, 0.3) is 5.91 Å². The van der Waals surface area contributed by atoms with Gasteiger partial charge in [0.15, 0.2) is 0 Å². The fourth-order valence-electron chi connectivity index (χ4n) is 1.26. The lowest BCUT2D eigenvalue weighted by atomic mass is 10.1. The van der Waals surface area contributed by atoms with Crippen molar-refractivity contribution in [3.63, 3.8) is 0 Å². The molecule has 1 aromatic carbocycles. The van der Waals surface area contributed by atoms with Crippen LogP contribution in [0.4, 0.5) is 5.69 Å². The zero-order valence-electron chi connectivity index (χ0n) is 9.77. The fraction of sp³-hybridized carbons (Fsp3) is 0.364. The third kappa shape index (κ3) is 4.77. The molecule has 0 saturated carbocycles. The summed E-state index contributed by atoms with van der Waals surface area (Å²) in [5.41, 5.74) is 6.88. The van der Waals surface area contributed by atoms with Crippen LogP contribution in [0.25, 0.3) is 0 Å². The number of thioether (sulfide) groups is 1. The molecule has 1 rings (SSSR count). The van der Waals surface area contributed by atoms with Crippen molar-refractivity contribution in [3.05, 3.63) is 28.2 Å². The van der Waals surface area contributed by atoms with E-state index in [4.69, 9.17) is 5.73 Å². The van der Waals surface area contributed by atoms with E-state index < -0.39 is 0 Å². The number of anilines is 1. The first-order chi connectivity index (χ1) is 7.56. The van der Waals surface area contributed by atoms with Gasteiger partial charge in [-0.25, -0.2) is 0 Å². The van der Waals surface area contributed by atoms with Crippen LogP contribution in [0.5, 0.6) is 0 Å². The highest BCUT2D eigenvalue weighted by Crippen LogP contribution is 2.19. The number of nitrogens with zero attached hydrogens (tertiary/aromatic N) is 1. The van der Waals surface area contributed by atoms with Crippen LogP contribution in [0, 0.1) is 0 Å². The summed E-state index contributed by atoms with van der Waals surface area (Å²) in [6.07, 6.45) is 2.02. The monoisotopic (exact) mass is 338 g/mol. The third-order valence-corrected chi connectivity index (χ3v) is 3.31. The third-order valence-electron chi connectivity index (χ3n) is 2.22. The quantitative estimate of drug-likeness (QED) is 0.858. The predicted molar refractivity (Wildman–Crippen MR) is 81.1 cm³/mol. The van der Waals surface area contributed by atoms with Crippen molar-refractivity contribution in [2.24, 2.45) is 0 Å². The molecule has 1 aromatic rings. The van der Waals surface area contributed by atoms with Gasteiger partial charge in [-0.2, -0.15) is 11.8 Å². The van der Waals surface area contributed by atoms with E-state index in [1.54, 1.807) is 35.8 Å². The van der Waals surface area contributed by atoms with E-state index in [9.17, 15) is 4.79 Å². The van der Waals surface area contributed by atoms with Crippen molar-refractivity contribution in [1.29, 1.82) is 0 Å². The van der Waals surface area contributed by atoms with Crippen molar-refractivity contribution in [2.75, 3.05) is 31.3 Å². The van der Waals surface area contributed by atoms with Gasteiger partial charge in [0.2, 0.25) is 0 Å². The standard InChI is InChI=1S/C11H15BrN2OS.ClH/c1-14(5-6-16-2)11(15)9-4-3-8(12)7-10(9)13;/h3-4,7H,5-6,13H2,1-2H3;1H. The van der Waals surface area contributed by atoms with Gasteiger partial charge >= 0.3 is 0 Å². The summed E-state index contributed by atoms with van der Waals surface area (Å²) in [5, 5.41) is 0. The Balaban J connectivity index is 0.00000256. The molecule has 3 nitrogen and oxygen atoms in total. The Morgan fingerprint density at radius 3 is 2.71 bits per heavy atom. The highest BCUT2D eigenvalue weighted by molar-refractivity contribution is 9.10. The average Bonchev–Trinajstić information content (AvgIpc) is 2.25. The van der Waals surface area contributed by atoms with Crippen LogP contribution < -0.4 is 5.73 Å². The molecule has 0 heterocycles. The first-order valence-electron chi connectivity index (χ1n) is 4.85. The molecule has 0 aliphatic carbocycles. The molecule has 0 aromatic heterocycles. The fourth-order valence-corrected chi connectivity index (χ4v) is 2.10. The van der Waals surface area contributed by atoms with Crippen LogP contribution in [-0.4, -0.2) is 36.4 Å². The van der Waals surface area contributed by atoms with Crippen LogP contribution in [0.1, 0.15) is 10.4 Å².